The molecule has 1 N–H and O–H groups in total. The number of aromatic amines is 1. The fourth-order valence-electron chi connectivity index (χ4n) is 1.64. The lowest BCUT2D eigenvalue weighted by Crippen LogP contribution is -1.83. The van der Waals surface area contributed by atoms with Gasteiger partial charge in [0.1, 0.15) is 5.01 Å². The zero-order valence-electron chi connectivity index (χ0n) is 9.51. The predicted octanol–water partition coefficient (Wildman–Crippen LogP) is 4.30. The minimum absolute atomic E-state index is 0.499. The molecule has 0 radical (unpaired) electrons. The minimum atomic E-state index is 0.499. The van der Waals surface area contributed by atoms with Gasteiger partial charge in [0.25, 0.3) is 0 Å². The van der Waals surface area contributed by atoms with Crippen molar-refractivity contribution in [2.24, 2.45) is 0 Å². The number of nitrogens with one attached hydrogen (secondary N) is 1. The molecular weight excluding hydrogens is 282 g/mol. The van der Waals surface area contributed by atoms with Crippen molar-refractivity contribution in [3.8, 4) is 20.3 Å². The number of rotatable bonds is 2. The highest BCUT2D eigenvalue weighted by Gasteiger charge is 2.11. The summed E-state index contributed by atoms with van der Waals surface area (Å²) in [5, 5.41) is 3.12. The quantitative estimate of drug-likeness (QED) is 0.716. The van der Waals surface area contributed by atoms with Crippen LogP contribution in [0.5, 0.6) is 0 Å². The van der Waals surface area contributed by atoms with Crippen molar-refractivity contribution in [2.45, 2.75) is 6.92 Å². The Morgan fingerprint density at radius 3 is 2.94 bits per heavy atom. The maximum atomic E-state index is 4.95. The van der Waals surface area contributed by atoms with E-state index in [9.17, 15) is 0 Å². The molecular formula is C12H9N3S3. The van der Waals surface area contributed by atoms with Gasteiger partial charge in [-0.05, 0) is 30.6 Å². The average Bonchev–Trinajstić information content (AvgIpc) is 2.99. The molecule has 0 unspecified atom stereocenters. The summed E-state index contributed by atoms with van der Waals surface area (Å²) < 4.78 is 0.499. The lowest BCUT2D eigenvalue weighted by atomic mass is 10.2. The van der Waals surface area contributed by atoms with E-state index >= 15 is 0 Å². The van der Waals surface area contributed by atoms with E-state index in [0.717, 1.165) is 21.1 Å². The van der Waals surface area contributed by atoms with E-state index in [1.807, 2.05) is 19.2 Å². The Hall–Kier alpha value is -1.37. The normalized spacial score (nSPS) is 10.7. The second-order valence-corrected chi connectivity index (χ2v) is 6.05. The molecule has 0 aliphatic heterocycles. The van der Waals surface area contributed by atoms with Crippen LogP contribution >= 0.6 is 34.9 Å². The van der Waals surface area contributed by atoms with E-state index in [0.29, 0.717) is 4.77 Å². The van der Waals surface area contributed by atoms with E-state index in [1.54, 1.807) is 28.9 Å². The van der Waals surface area contributed by atoms with Crippen LogP contribution in [0.4, 0.5) is 0 Å². The van der Waals surface area contributed by atoms with Gasteiger partial charge in [0.05, 0.1) is 15.4 Å². The number of hydrogen-bond donors (Lipinski definition) is 1. The van der Waals surface area contributed by atoms with Crippen molar-refractivity contribution in [2.75, 3.05) is 0 Å². The molecule has 0 atom stereocenters. The van der Waals surface area contributed by atoms with Crippen molar-refractivity contribution in [3.05, 3.63) is 40.4 Å². The van der Waals surface area contributed by atoms with Crippen LogP contribution in [-0.2, 0) is 0 Å². The maximum absolute atomic E-state index is 4.95. The van der Waals surface area contributed by atoms with Crippen molar-refractivity contribution >= 4 is 34.9 Å². The van der Waals surface area contributed by atoms with Crippen LogP contribution in [0.1, 0.15) is 5.69 Å². The molecule has 3 rings (SSSR count). The van der Waals surface area contributed by atoms with Crippen molar-refractivity contribution < 1.29 is 0 Å². The summed E-state index contributed by atoms with van der Waals surface area (Å²) in [4.78, 5) is 14.0. The van der Waals surface area contributed by atoms with Crippen LogP contribution < -0.4 is 0 Å². The summed E-state index contributed by atoms with van der Waals surface area (Å²) in [5.74, 6) is 0. The summed E-state index contributed by atoms with van der Waals surface area (Å²) in [6.07, 6.45) is 3.67. The van der Waals surface area contributed by atoms with Crippen LogP contribution in [0.2, 0.25) is 0 Å². The van der Waals surface area contributed by atoms with Gasteiger partial charge >= 0.3 is 0 Å². The average molecular weight is 291 g/mol. The van der Waals surface area contributed by atoms with Crippen LogP contribution in [0, 0.1) is 11.7 Å². The SMILES string of the molecule is Cc1nc(-c2cccs2)sc1-c1cnc(=S)[nH]c1. The maximum Gasteiger partial charge on any atom is 0.196 e. The number of thiophene rings is 1. The first-order chi connectivity index (χ1) is 8.74. The number of aromatic nitrogens is 3. The Kier molecular flexibility index (Phi) is 3.07. The number of thiazole rings is 1. The van der Waals surface area contributed by atoms with Gasteiger partial charge in [-0.2, -0.15) is 0 Å². The summed E-state index contributed by atoms with van der Waals surface area (Å²) >= 11 is 8.33. The summed E-state index contributed by atoms with van der Waals surface area (Å²) in [6.45, 7) is 2.02. The fraction of sp³-hybridized carbons (Fsp3) is 0.0833. The molecule has 3 aromatic heterocycles. The van der Waals surface area contributed by atoms with Gasteiger partial charge in [-0.1, -0.05) is 6.07 Å². The Labute approximate surface area is 117 Å². The van der Waals surface area contributed by atoms with Gasteiger partial charge in [0, 0.05) is 18.0 Å². The molecule has 18 heavy (non-hydrogen) atoms. The predicted molar refractivity (Wildman–Crippen MR) is 78.6 cm³/mol. The van der Waals surface area contributed by atoms with Crippen molar-refractivity contribution in [1.82, 2.24) is 15.0 Å². The molecule has 3 heterocycles. The van der Waals surface area contributed by atoms with Gasteiger partial charge in [-0.3, -0.25) is 0 Å². The topological polar surface area (TPSA) is 41.6 Å². The highest BCUT2D eigenvalue weighted by Crippen LogP contribution is 2.36. The number of H-pyrrole nitrogens is 1. The monoisotopic (exact) mass is 291 g/mol. The van der Waals surface area contributed by atoms with Crippen molar-refractivity contribution in [3.63, 3.8) is 0 Å². The molecule has 3 nitrogen and oxygen atoms in total. The molecule has 6 heteroatoms. The van der Waals surface area contributed by atoms with E-state index < -0.39 is 0 Å². The molecule has 3 aromatic rings. The number of aryl methyl sites for hydroxylation is 1. The van der Waals surface area contributed by atoms with Crippen LogP contribution in [0.25, 0.3) is 20.3 Å². The molecule has 90 valence electrons. The minimum Gasteiger partial charge on any atom is -0.337 e. The highest BCUT2D eigenvalue weighted by molar-refractivity contribution is 7.71. The Balaban J connectivity index is 2.08. The Morgan fingerprint density at radius 2 is 2.28 bits per heavy atom. The van der Waals surface area contributed by atoms with Gasteiger partial charge in [-0.15, -0.1) is 22.7 Å². The zero-order chi connectivity index (χ0) is 12.5. The molecule has 0 saturated carbocycles. The first-order valence-corrected chi connectivity index (χ1v) is 7.41. The molecule has 0 bridgehead atoms. The van der Waals surface area contributed by atoms with E-state index in [1.165, 1.54) is 4.88 Å². The van der Waals surface area contributed by atoms with Gasteiger partial charge in [-0.25, -0.2) is 9.97 Å². The Bertz CT molecular complexity index is 705. The molecule has 0 fully saturated rings. The van der Waals surface area contributed by atoms with E-state index in [2.05, 4.69) is 26.4 Å². The second kappa shape index (κ2) is 4.72. The lowest BCUT2D eigenvalue weighted by Gasteiger charge is -1.96. The summed E-state index contributed by atoms with van der Waals surface area (Å²) in [5.41, 5.74) is 2.05. The zero-order valence-corrected chi connectivity index (χ0v) is 12.0. The third kappa shape index (κ3) is 2.14. The first-order valence-electron chi connectivity index (χ1n) is 5.30. The van der Waals surface area contributed by atoms with Crippen molar-refractivity contribution in [1.29, 1.82) is 0 Å². The van der Waals surface area contributed by atoms with Gasteiger partial charge in [0.2, 0.25) is 0 Å². The largest absolute Gasteiger partial charge is 0.337 e. The third-order valence-corrected chi connectivity index (χ3v) is 4.93. The standard InChI is InChI=1S/C12H9N3S3/c1-7-10(8-5-13-12(16)14-6-8)18-11(15-7)9-3-2-4-17-9/h2-6H,1H3,(H,13,14,16). The number of nitrogens with zero attached hydrogens (tertiary/aromatic N) is 2. The molecule has 0 aromatic carbocycles. The Morgan fingerprint density at radius 1 is 1.39 bits per heavy atom. The molecule has 0 saturated heterocycles. The van der Waals surface area contributed by atoms with Crippen LogP contribution in [-0.4, -0.2) is 15.0 Å². The van der Waals surface area contributed by atoms with Crippen LogP contribution in [0.15, 0.2) is 29.9 Å². The van der Waals surface area contributed by atoms with Gasteiger partial charge in [0.15, 0.2) is 4.77 Å². The van der Waals surface area contributed by atoms with E-state index in [-0.39, 0.29) is 0 Å². The second-order valence-electron chi connectivity index (χ2n) is 3.72. The highest BCUT2D eigenvalue weighted by atomic mass is 32.1. The molecule has 0 aliphatic carbocycles. The molecule has 0 spiro atoms. The number of hydrogen-bond acceptors (Lipinski definition) is 5. The summed E-state index contributed by atoms with van der Waals surface area (Å²) in [7, 11) is 0. The lowest BCUT2D eigenvalue weighted by molar-refractivity contribution is 1.13. The first kappa shape index (κ1) is 11.7. The van der Waals surface area contributed by atoms with E-state index in [4.69, 9.17) is 12.2 Å². The molecule has 0 aliphatic rings. The van der Waals surface area contributed by atoms with Gasteiger partial charge < -0.3 is 4.98 Å². The third-order valence-electron chi connectivity index (χ3n) is 2.46. The fourth-order valence-corrected chi connectivity index (χ4v) is 3.59. The summed E-state index contributed by atoms with van der Waals surface area (Å²) in [6, 6.07) is 4.13. The van der Waals surface area contributed by atoms with Crippen LogP contribution in [0.3, 0.4) is 0 Å². The smallest absolute Gasteiger partial charge is 0.196 e. The molecule has 0 amide bonds.